The Labute approximate surface area is 58.9 Å². The van der Waals surface area contributed by atoms with E-state index in [-0.39, 0.29) is 12.1 Å². The summed E-state index contributed by atoms with van der Waals surface area (Å²) in [4.78, 5) is 10.7. The summed E-state index contributed by atoms with van der Waals surface area (Å²) < 4.78 is 5.18. The molecular weight excluding hydrogens is 132 g/mol. The Bertz CT molecular complexity index is 144. The van der Waals surface area contributed by atoms with Crippen molar-refractivity contribution in [3.05, 3.63) is 0 Å². The maximum absolute atomic E-state index is 10.7. The minimum Gasteiger partial charge on any atom is -0.379 e. The molecule has 2 saturated heterocycles. The van der Waals surface area contributed by atoms with Crippen molar-refractivity contribution in [2.24, 2.45) is 0 Å². The first kappa shape index (κ1) is 5.97. The SMILES string of the molecule is O=C1NC2CCOCC2N1. The highest BCUT2D eigenvalue weighted by Crippen LogP contribution is 2.11. The highest BCUT2D eigenvalue weighted by atomic mass is 16.5. The van der Waals surface area contributed by atoms with Crippen molar-refractivity contribution in [3.8, 4) is 0 Å². The number of urea groups is 1. The molecule has 10 heavy (non-hydrogen) atoms. The van der Waals surface area contributed by atoms with Crippen molar-refractivity contribution in [1.82, 2.24) is 10.6 Å². The molecular formula is C6H10N2O2. The molecule has 0 aromatic rings. The molecule has 0 spiro atoms. The average molecular weight is 142 g/mol. The first-order valence-electron chi connectivity index (χ1n) is 3.51. The minimum atomic E-state index is -0.0551. The summed E-state index contributed by atoms with van der Waals surface area (Å²) in [7, 11) is 0. The molecule has 2 heterocycles. The molecule has 4 nitrogen and oxygen atoms in total. The van der Waals surface area contributed by atoms with Crippen molar-refractivity contribution in [3.63, 3.8) is 0 Å². The molecule has 0 aliphatic carbocycles. The van der Waals surface area contributed by atoms with Crippen LogP contribution in [-0.2, 0) is 4.74 Å². The second-order valence-corrected chi connectivity index (χ2v) is 2.69. The molecule has 0 bridgehead atoms. The Hall–Kier alpha value is -0.770. The van der Waals surface area contributed by atoms with E-state index in [1.54, 1.807) is 0 Å². The van der Waals surface area contributed by atoms with Crippen LogP contribution < -0.4 is 10.6 Å². The molecule has 2 fully saturated rings. The van der Waals surface area contributed by atoms with Gasteiger partial charge < -0.3 is 15.4 Å². The van der Waals surface area contributed by atoms with E-state index in [1.165, 1.54) is 0 Å². The minimum absolute atomic E-state index is 0.0551. The van der Waals surface area contributed by atoms with Gasteiger partial charge in [-0.1, -0.05) is 0 Å². The Kier molecular flexibility index (Phi) is 1.27. The third-order valence-electron chi connectivity index (χ3n) is 1.99. The number of carbonyl (C=O) groups excluding carboxylic acids is 1. The maximum Gasteiger partial charge on any atom is 0.315 e. The molecule has 0 aromatic heterocycles. The third-order valence-corrected chi connectivity index (χ3v) is 1.99. The largest absolute Gasteiger partial charge is 0.379 e. The second-order valence-electron chi connectivity index (χ2n) is 2.69. The highest BCUT2D eigenvalue weighted by molar-refractivity contribution is 5.77. The summed E-state index contributed by atoms with van der Waals surface area (Å²) in [6.07, 6.45) is 0.934. The molecule has 4 heteroatoms. The number of amides is 2. The van der Waals surface area contributed by atoms with E-state index in [1.807, 2.05) is 0 Å². The second kappa shape index (κ2) is 2.12. The van der Waals surface area contributed by atoms with Gasteiger partial charge in [0.05, 0.1) is 18.7 Å². The van der Waals surface area contributed by atoms with Gasteiger partial charge in [0.1, 0.15) is 0 Å². The Balaban J connectivity index is 2.04. The van der Waals surface area contributed by atoms with Crippen LogP contribution in [0.25, 0.3) is 0 Å². The van der Waals surface area contributed by atoms with E-state index >= 15 is 0 Å². The number of carbonyl (C=O) groups is 1. The standard InChI is InChI=1S/C6H10N2O2/c9-6-7-4-1-2-10-3-5(4)8-6/h4-5H,1-3H2,(H2,7,8,9). The van der Waals surface area contributed by atoms with E-state index in [4.69, 9.17) is 4.74 Å². The summed E-state index contributed by atoms with van der Waals surface area (Å²) in [6.45, 7) is 1.42. The van der Waals surface area contributed by atoms with Crippen LogP contribution in [0, 0.1) is 0 Å². The highest BCUT2D eigenvalue weighted by Gasteiger charge is 2.33. The first-order chi connectivity index (χ1) is 4.86. The quantitative estimate of drug-likeness (QED) is 0.477. The summed E-state index contributed by atoms with van der Waals surface area (Å²) in [5.41, 5.74) is 0. The van der Waals surface area contributed by atoms with E-state index in [2.05, 4.69) is 10.6 Å². The number of fused-ring (bicyclic) bond motifs is 1. The number of hydrogen-bond donors (Lipinski definition) is 2. The van der Waals surface area contributed by atoms with E-state index < -0.39 is 0 Å². The maximum atomic E-state index is 10.7. The normalized spacial score (nSPS) is 38.2. The van der Waals surface area contributed by atoms with Crippen molar-refractivity contribution in [1.29, 1.82) is 0 Å². The van der Waals surface area contributed by atoms with Crippen LogP contribution in [0.2, 0.25) is 0 Å². The number of ether oxygens (including phenoxy) is 1. The topological polar surface area (TPSA) is 50.4 Å². The van der Waals surface area contributed by atoms with Gasteiger partial charge in [0, 0.05) is 6.61 Å². The van der Waals surface area contributed by atoms with Gasteiger partial charge in [0.15, 0.2) is 0 Å². The summed E-state index contributed by atoms with van der Waals surface area (Å²) in [5, 5.41) is 5.61. The Morgan fingerprint density at radius 1 is 1.40 bits per heavy atom. The molecule has 2 rings (SSSR count). The van der Waals surface area contributed by atoms with Crippen molar-refractivity contribution >= 4 is 6.03 Å². The van der Waals surface area contributed by atoms with Crippen LogP contribution in [0.4, 0.5) is 4.79 Å². The molecule has 2 amide bonds. The van der Waals surface area contributed by atoms with Gasteiger partial charge in [-0.2, -0.15) is 0 Å². The lowest BCUT2D eigenvalue weighted by atomic mass is 10.1. The van der Waals surface area contributed by atoms with Gasteiger partial charge in [0.25, 0.3) is 0 Å². The van der Waals surface area contributed by atoms with E-state index in [0.717, 1.165) is 13.0 Å². The lowest BCUT2D eigenvalue weighted by Gasteiger charge is -2.23. The summed E-state index contributed by atoms with van der Waals surface area (Å²) >= 11 is 0. The predicted octanol–water partition coefficient (Wildman–Crippen LogP) is -0.543. The number of rotatable bonds is 0. The fourth-order valence-corrected chi connectivity index (χ4v) is 1.43. The molecule has 2 unspecified atom stereocenters. The van der Waals surface area contributed by atoms with E-state index in [9.17, 15) is 4.79 Å². The smallest absolute Gasteiger partial charge is 0.315 e. The van der Waals surface area contributed by atoms with E-state index in [0.29, 0.717) is 12.6 Å². The predicted molar refractivity (Wildman–Crippen MR) is 34.7 cm³/mol. The number of hydrogen-bond acceptors (Lipinski definition) is 2. The molecule has 56 valence electrons. The Morgan fingerprint density at radius 3 is 3.00 bits per heavy atom. The lowest BCUT2D eigenvalue weighted by molar-refractivity contribution is 0.0684. The molecule has 2 aliphatic rings. The van der Waals surface area contributed by atoms with Crippen molar-refractivity contribution in [2.45, 2.75) is 18.5 Å². The Morgan fingerprint density at radius 2 is 2.20 bits per heavy atom. The van der Waals surface area contributed by atoms with Crippen LogP contribution >= 0.6 is 0 Å². The lowest BCUT2D eigenvalue weighted by Crippen LogP contribution is -2.42. The third kappa shape index (κ3) is 0.844. The molecule has 0 radical (unpaired) electrons. The zero-order valence-corrected chi connectivity index (χ0v) is 5.59. The van der Waals surface area contributed by atoms with Crippen LogP contribution in [0.15, 0.2) is 0 Å². The molecule has 2 aliphatic heterocycles. The van der Waals surface area contributed by atoms with Crippen molar-refractivity contribution in [2.75, 3.05) is 13.2 Å². The zero-order chi connectivity index (χ0) is 6.97. The van der Waals surface area contributed by atoms with Crippen LogP contribution in [0.3, 0.4) is 0 Å². The van der Waals surface area contributed by atoms with Crippen LogP contribution in [0.1, 0.15) is 6.42 Å². The van der Waals surface area contributed by atoms with Gasteiger partial charge in [-0.3, -0.25) is 0 Å². The fourth-order valence-electron chi connectivity index (χ4n) is 1.43. The van der Waals surface area contributed by atoms with Gasteiger partial charge in [0.2, 0.25) is 0 Å². The molecule has 0 aromatic carbocycles. The molecule has 2 atom stereocenters. The number of nitrogens with one attached hydrogen (secondary N) is 2. The van der Waals surface area contributed by atoms with Gasteiger partial charge in [-0.05, 0) is 6.42 Å². The van der Waals surface area contributed by atoms with Gasteiger partial charge in [-0.25, -0.2) is 4.79 Å². The average Bonchev–Trinajstić information content (AvgIpc) is 2.27. The first-order valence-corrected chi connectivity index (χ1v) is 3.51. The van der Waals surface area contributed by atoms with Crippen molar-refractivity contribution < 1.29 is 9.53 Å². The summed E-state index contributed by atoms with van der Waals surface area (Å²) in [6, 6.07) is 0.461. The fraction of sp³-hybridized carbons (Fsp3) is 0.833. The molecule has 0 saturated carbocycles. The monoisotopic (exact) mass is 142 g/mol. The van der Waals surface area contributed by atoms with Gasteiger partial charge >= 0.3 is 6.03 Å². The van der Waals surface area contributed by atoms with Crippen LogP contribution in [0.5, 0.6) is 0 Å². The zero-order valence-electron chi connectivity index (χ0n) is 5.59. The van der Waals surface area contributed by atoms with Gasteiger partial charge in [-0.15, -0.1) is 0 Å². The molecule has 2 N–H and O–H groups in total. The van der Waals surface area contributed by atoms with Crippen LogP contribution in [-0.4, -0.2) is 31.3 Å². The summed E-state index contributed by atoms with van der Waals surface area (Å²) in [5.74, 6) is 0.